The lowest BCUT2D eigenvalue weighted by Crippen LogP contribution is -2.52. The van der Waals surface area contributed by atoms with Crippen molar-refractivity contribution < 1.29 is 29.0 Å². The van der Waals surface area contributed by atoms with E-state index in [4.69, 9.17) is 0 Å². The second-order valence-electron chi connectivity index (χ2n) is 11.2. The van der Waals surface area contributed by atoms with E-state index in [9.17, 15) is 39.4 Å². The predicted molar refractivity (Wildman–Crippen MR) is 157 cm³/mol. The SMILES string of the molecule is O=C(CN(C(=O)c1cccc([N+](=O)[O-])c1)N1C(=O)[C@@H]2C3c4ccccc4C(c4ccccc43)[C@H]2C1=O)c1cccc([N+](=O)[O-])c1. The van der Waals surface area contributed by atoms with Gasteiger partial charge in [-0.2, -0.15) is 5.01 Å². The lowest BCUT2D eigenvalue weighted by atomic mass is 9.55. The van der Waals surface area contributed by atoms with E-state index in [0.717, 1.165) is 39.4 Å². The summed E-state index contributed by atoms with van der Waals surface area (Å²) in [5.41, 5.74) is 2.55. The average Bonchev–Trinajstić information content (AvgIpc) is 3.32. The van der Waals surface area contributed by atoms with Crippen LogP contribution in [0.2, 0.25) is 0 Å². The summed E-state index contributed by atoms with van der Waals surface area (Å²) in [4.78, 5) is 77.8. The molecule has 4 aromatic carbocycles. The number of carbonyl (C=O) groups is 4. The number of imide groups is 1. The normalized spacial score (nSPS) is 20.7. The van der Waals surface area contributed by atoms with Crippen LogP contribution in [0.3, 0.4) is 0 Å². The minimum Gasteiger partial charge on any atom is -0.292 e. The van der Waals surface area contributed by atoms with E-state index >= 15 is 0 Å². The predicted octanol–water partition coefficient (Wildman–Crippen LogP) is 4.64. The van der Waals surface area contributed by atoms with Crippen molar-refractivity contribution in [2.75, 3.05) is 6.54 Å². The molecule has 8 rings (SSSR count). The summed E-state index contributed by atoms with van der Waals surface area (Å²) < 4.78 is 0. The number of non-ortho nitro benzene ring substituents is 2. The van der Waals surface area contributed by atoms with Crippen LogP contribution in [0.4, 0.5) is 11.4 Å². The molecule has 1 saturated heterocycles. The molecule has 1 heterocycles. The van der Waals surface area contributed by atoms with Gasteiger partial charge in [-0.1, -0.05) is 66.7 Å². The van der Waals surface area contributed by atoms with Crippen LogP contribution in [-0.2, 0) is 9.59 Å². The third kappa shape index (κ3) is 4.21. The molecule has 3 aliphatic carbocycles. The Morgan fingerprint density at radius 2 is 1.07 bits per heavy atom. The van der Waals surface area contributed by atoms with E-state index in [1.54, 1.807) is 0 Å². The van der Waals surface area contributed by atoms with Crippen LogP contribution >= 0.6 is 0 Å². The van der Waals surface area contributed by atoms with Gasteiger partial charge in [-0.25, -0.2) is 5.01 Å². The minimum atomic E-state index is -0.986. The van der Waals surface area contributed by atoms with Gasteiger partial charge in [0.1, 0.15) is 6.54 Å². The molecule has 0 saturated carbocycles. The smallest absolute Gasteiger partial charge is 0.273 e. The summed E-state index contributed by atoms with van der Waals surface area (Å²) in [5.74, 6) is -5.78. The minimum absolute atomic E-state index is 0.113. The Morgan fingerprint density at radius 1 is 0.644 bits per heavy atom. The number of carbonyl (C=O) groups excluding carboxylic acids is 4. The van der Waals surface area contributed by atoms with Crippen LogP contribution in [0.15, 0.2) is 97.1 Å². The largest absolute Gasteiger partial charge is 0.292 e. The molecule has 2 bridgehead atoms. The number of Topliss-reactive ketones (excluding diaryl/α,β-unsaturated/α-hetero) is 1. The van der Waals surface area contributed by atoms with Gasteiger partial charge < -0.3 is 0 Å². The number of hydrogen-bond acceptors (Lipinski definition) is 8. The Hall–Kier alpha value is -6.04. The van der Waals surface area contributed by atoms with Crippen molar-refractivity contribution in [1.82, 2.24) is 10.0 Å². The van der Waals surface area contributed by atoms with E-state index in [1.165, 1.54) is 36.4 Å². The molecular formula is C33H22N4O8. The first-order valence-corrected chi connectivity index (χ1v) is 14.1. The number of ketones is 1. The van der Waals surface area contributed by atoms with Gasteiger partial charge in [-0.15, -0.1) is 0 Å². The van der Waals surface area contributed by atoms with Crippen LogP contribution in [-0.4, -0.2) is 49.9 Å². The summed E-state index contributed by atoms with van der Waals surface area (Å²) in [6.07, 6.45) is 0. The zero-order valence-corrected chi connectivity index (χ0v) is 23.3. The van der Waals surface area contributed by atoms with Gasteiger partial charge in [0.15, 0.2) is 5.78 Å². The highest BCUT2D eigenvalue weighted by Gasteiger charge is 2.63. The highest BCUT2D eigenvalue weighted by molar-refractivity contribution is 6.11. The zero-order valence-electron chi connectivity index (χ0n) is 23.3. The molecule has 1 fully saturated rings. The third-order valence-electron chi connectivity index (χ3n) is 8.88. The van der Waals surface area contributed by atoms with Gasteiger partial charge in [-0.3, -0.25) is 39.4 Å². The molecule has 12 nitrogen and oxygen atoms in total. The molecule has 1 aliphatic heterocycles. The average molecular weight is 603 g/mol. The molecule has 0 spiro atoms. The summed E-state index contributed by atoms with van der Waals surface area (Å²) in [5, 5.41) is 24.3. The highest BCUT2D eigenvalue weighted by Crippen LogP contribution is 2.61. The molecule has 4 aliphatic rings. The standard InChI is InChI=1S/C33H22N4O8/c38-26(18-7-5-9-20(15-18)36(42)43)17-34(31(39)19-8-6-10-21(16-19)37(44)45)35-32(40)29-27-22-11-1-2-12-23(22)28(30(29)33(35)41)25-14-4-3-13-24(25)27/h1-16,27-30H,17H2/t27?,28?,29-,30-/m1/s1. The van der Waals surface area contributed by atoms with E-state index in [1.807, 2.05) is 48.5 Å². The number of nitro benzene ring substituents is 2. The number of hydrogen-bond donors (Lipinski definition) is 0. The zero-order chi connectivity index (χ0) is 31.6. The van der Waals surface area contributed by atoms with Crippen molar-refractivity contribution in [1.29, 1.82) is 0 Å². The van der Waals surface area contributed by atoms with Gasteiger partial charge in [0.05, 0.1) is 21.7 Å². The maximum atomic E-state index is 14.4. The topological polar surface area (TPSA) is 161 Å². The number of rotatable bonds is 7. The third-order valence-corrected chi connectivity index (χ3v) is 8.88. The van der Waals surface area contributed by atoms with Crippen LogP contribution in [0, 0.1) is 32.1 Å². The maximum absolute atomic E-state index is 14.4. The number of amides is 3. The quantitative estimate of drug-likeness (QED) is 0.128. The van der Waals surface area contributed by atoms with Gasteiger partial charge in [-0.05, 0) is 28.3 Å². The highest BCUT2D eigenvalue weighted by atomic mass is 16.6. The Kier molecular flexibility index (Phi) is 6.36. The summed E-state index contributed by atoms with van der Waals surface area (Å²) >= 11 is 0. The number of nitro groups is 2. The first kappa shape index (κ1) is 27.8. The Morgan fingerprint density at radius 3 is 1.51 bits per heavy atom. The molecule has 12 heteroatoms. The van der Waals surface area contributed by atoms with E-state index in [2.05, 4.69) is 0 Å². The van der Waals surface area contributed by atoms with E-state index in [-0.39, 0.29) is 16.8 Å². The van der Waals surface area contributed by atoms with Crippen LogP contribution < -0.4 is 0 Å². The van der Waals surface area contributed by atoms with Gasteiger partial charge in [0.2, 0.25) is 0 Å². The van der Waals surface area contributed by atoms with E-state index in [0.29, 0.717) is 5.01 Å². The number of hydrazine groups is 1. The van der Waals surface area contributed by atoms with Gasteiger partial charge >= 0.3 is 0 Å². The molecule has 0 N–H and O–H groups in total. The maximum Gasteiger partial charge on any atom is 0.273 e. The first-order valence-electron chi connectivity index (χ1n) is 14.1. The van der Waals surface area contributed by atoms with Gasteiger partial charge in [0.25, 0.3) is 29.1 Å². The molecular weight excluding hydrogens is 580 g/mol. The fraction of sp³-hybridized carbons (Fsp3) is 0.152. The molecule has 0 radical (unpaired) electrons. The fourth-order valence-corrected chi connectivity index (χ4v) is 7.05. The first-order chi connectivity index (χ1) is 21.7. The molecule has 45 heavy (non-hydrogen) atoms. The van der Waals surface area contributed by atoms with Crippen molar-refractivity contribution in [2.45, 2.75) is 11.8 Å². The van der Waals surface area contributed by atoms with Crippen molar-refractivity contribution in [2.24, 2.45) is 11.8 Å². The number of benzene rings is 4. The van der Waals surface area contributed by atoms with Crippen molar-refractivity contribution in [3.63, 3.8) is 0 Å². The molecule has 222 valence electrons. The molecule has 0 unspecified atom stereocenters. The fourth-order valence-electron chi connectivity index (χ4n) is 7.05. The van der Waals surface area contributed by atoms with Gasteiger partial charge in [0, 0.05) is 47.2 Å². The van der Waals surface area contributed by atoms with Crippen LogP contribution in [0.25, 0.3) is 0 Å². The van der Waals surface area contributed by atoms with Crippen molar-refractivity contribution in [3.8, 4) is 0 Å². The lowest BCUT2D eigenvalue weighted by Gasteiger charge is -2.45. The van der Waals surface area contributed by atoms with E-state index < -0.39 is 69.3 Å². The second kappa shape index (κ2) is 10.3. The summed E-state index contributed by atoms with van der Waals surface area (Å²) in [6.45, 7) is -0.825. The Bertz CT molecular complexity index is 1880. The van der Waals surface area contributed by atoms with Crippen molar-refractivity contribution in [3.05, 3.63) is 151 Å². The monoisotopic (exact) mass is 602 g/mol. The second-order valence-corrected chi connectivity index (χ2v) is 11.2. The summed E-state index contributed by atoms with van der Waals surface area (Å²) in [7, 11) is 0. The lowest BCUT2D eigenvalue weighted by molar-refractivity contribution is -0.385. The van der Waals surface area contributed by atoms with Crippen LogP contribution in [0.5, 0.6) is 0 Å². The Balaban J connectivity index is 1.33. The Labute approximate surface area is 254 Å². The molecule has 3 amide bonds. The molecule has 2 atom stereocenters. The molecule has 4 aromatic rings. The van der Waals surface area contributed by atoms with Crippen LogP contribution in [0.1, 0.15) is 54.8 Å². The molecule has 0 aromatic heterocycles. The van der Waals surface area contributed by atoms with Crippen molar-refractivity contribution >= 4 is 34.9 Å². The summed E-state index contributed by atoms with van der Waals surface area (Å²) in [6, 6.07) is 24.8. The number of nitrogens with zero attached hydrogens (tertiary/aromatic N) is 4.